The van der Waals surface area contributed by atoms with Crippen molar-refractivity contribution in [1.29, 1.82) is 0 Å². The summed E-state index contributed by atoms with van der Waals surface area (Å²) in [6.07, 6.45) is 1.17. The van der Waals surface area contributed by atoms with Gasteiger partial charge in [0, 0.05) is 35.8 Å². The molecule has 3 aromatic rings. The molecule has 0 bridgehead atoms. The molecule has 176 valence electrons. The number of nitrogens with two attached hydrogens (primary N) is 1. The number of carbonyl (C=O) groups is 1. The van der Waals surface area contributed by atoms with Gasteiger partial charge in [-0.25, -0.2) is 9.78 Å². The van der Waals surface area contributed by atoms with Crippen molar-refractivity contribution in [3.05, 3.63) is 44.8 Å². The van der Waals surface area contributed by atoms with E-state index in [0.29, 0.717) is 40.9 Å². The van der Waals surface area contributed by atoms with Crippen molar-refractivity contribution in [3.8, 4) is 28.5 Å². The molecule has 0 atom stereocenters. The van der Waals surface area contributed by atoms with E-state index in [1.165, 1.54) is 26.5 Å². The summed E-state index contributed by atoms with van der Waals surface area (Å²) in [6, 6.07) is 4.68. The highest BCUT2D eigenvalue weighted by Gasteiger charge is 2.23. The Balaban J connectivity index is 2.31. The molecule has 0 saturated heterocycles. The predicted octanol–water partition coefficient (Wildman–Crippen LogP) is 3.80. The lowest BCUT2D eigenvalue weighted by molar-refractivity contribution is 0.209. The topological polar surface area (TPSA) is 109 Å². The molecule has 0 aliphatic heterocycles. The van der Waals surface area contributed by atoms with Gasteiger partial charge in [0.1, 0.15) is 11.5 Å². The molecule has 0 fully saturated rings. The maximum Gasteiger partial charge on any atom is 0.411 e. The van der Waals surface area contributed by atoms with E-state index in [-0.39, 0.29) is 27.0 Å². The summed E-state index contributed by atoms with van der Waals surface area (Å²) >= 11 is 13.1. The lowest BCUT2D eigenvalue weighted by atomic mass is 10.0. The van der Waals surface area contributed by atoms with E-state index < -0.39 is 6.09 Å². The summed E-state index contributed by atoms with van der Waals surface area (Å²) in [6.45, 7) is 1.14. The second-order valence-electron chi connectivity index (χ2n) is 7.46. The maximum atomic E-state index is 13.7. The number of primary amides is 1. The van der Waals surface area contributed by atoms with Crippen molar-refractivity contribution in [1.82, 2.24) is 14.5 Å². The van der Waals surface area contributed by atoms with Crippen LogP contribution in [0.15, 0.2) is 29.2 Å². The molecule has 33 heavy (non-hydrogen) atoms. The normalized spacial score (nSPS) is 11.1. The highest BCUT2D eigenvalue weighted by atomic mass is 35.5. The third-order valence-electron chi connectivity index (χ3n) is 4.99. The van der Waals surface area contributed by atoms with Crippen molar-refractivity contribution < 1.29 is 19.0 Å². The maximum absolute atomic E-state index is 13.7. The van der Waals surface area contributed by atoms with Gasteiger partial charge in [0.15, 0.2) is 0 Å². The van der Waals surface area contributed by atoms with Crippen LogP contribution in [-0.4, -0.2) is 55.4 Å². The largest absolute Gasteiger partial charge is 0.495 e. The van der Waals surface area contributed by atoms with Crippen molar-refractivity contribution >= 4 is 40.2 Å². The van der Waals surface area contributed by atoms with E-state index in [1.807, 2.05) is 19.0 Å². The number of hydrogen-bond acceptors (Lipinski definition) is 7. The average Bonchev–Trinajstić information content (AvgIpc) is 2.75. The smallest absolute Gasteiger partial charge is 0.411 e. The lowest BCUT2D eigenvalue weighted by Gasteiger charge is -2.18. The summed E-state index contributed by atoms with van der Waals surface area (Å²) < 4.78 is 17.2. The van der Waals surface area contributed by atoms with E-state index in [2.05, 4.69) is 4.98 Å². The van der Waals surface area contributed by atoms with Crippen LogP contribution in [0.5, 0.6) is 17.4 Å². The molecular formula is C22H24Cl2N4O5. The lowest BCUT2D eigenvalue weighted by Crippen LogP contribution is -2.25. The Morgan fingerprint density at radius 1 is 1.12 bits per heavy atom. The molecule has 1 amide bonds. The van der Waals surface area contributed by atoms with Gasteiger partial charge in [0.25, 0.3) is 5.56 Å². The molecule has 2 N–H and O–H groups in total. The minimum atomic E-state index is -0.998. The fraction of sp³-hybridized carbons (Fsp3) is 0.318. The van der Waals surface area contributed by atoms with Gasteiger partial charge in [-0.15, -0.1) is 0 Å². The van der Waals surface area contributed by atoms with Gasteiger partial charge < -0.3 is 29.4 Å². The van der Waals surface area contributed by atoms with Crippen LogP contribution in [0.1, 0.15) is 6.42 Å². The molecule has 11 heteroatoms. The van der Waals surface area contributed by atoms with E-state index in [1.54, 1.807) is 16.7 Å². The third-order valence-corrected chi connectivity index (χ3v) is 5.74. The van der Waals surface area contributed by atoms with Gasteiger partial charge in [0.2, 0.25) is 5.88 Å². The summed E-state index contributed by atoms with van der Waals surface area (Å²) in [5.41, 5.74) is 5.84. The average molecular weight is 495 g/mol. The van der Waals surface area contributed by atoms with Crippen LogP contribution in [0.3, 0.4) is 0 Å². The number of benzene rings is 1. The number of rotatable bonds is 8. The van der Waals surface area contributed by atoms with Gasteiger partial charge in [0.05, 0.1) is 35.3 Å². The summed E-state index contributed by atoms with van der Waals surface area (Å²) in [5, 5.41) is 0.975. The highest BCUT2D eigenvalue weighted by Crippen LogP contribution is 2.45. The Bertz CT molecular complexity index is 1230. The van der Waals surface area contributed by atoms with Crippen LogP contribution in [0.4, 0.5) is 4.79 Å². The van der Waals surface area contributed by atoms with Crippen molar-refractivity contribution in [2.75, 3.05) is 34.9 Å². The summed E-state index contributed by atoms with van der Waals surface area (Å²) in [4.78, 5) is 31.0. The zero-order valence-electron chi connectivity index (χ0n) is 18.6. The van der Waals surface area contributed by atoms with Gasteiger partial charge in [-0.3, -0.25) is 4.79 Å². The number of hydrogen-bond donors (Lipinski definition) is 1. The molecule has 0 radical (unpaired) electrons. The van der Waals surface area contributed by atoms with Crippen LogP contribution in [0.2, 0.25) is 10.0 Å². The van der Waals surface area contributed by atoms with Crippen molar-refractivity contribution in [2.24, 2.45) is 5.73 Å². The Labute approximate surface area is 200 Å². The number of aromatic nitrogens is 2. The number of ether oxygens (including phenoxy) is 3. The van der Waals surface area contributed by atoms with E-state index in [4.69, 9.17) is 43.1 Å². The van der Waals surface area contributed by atoms with Crippen molar-refractivity contribution in [3.63, 3.8) is 0 Å². The Morgan fingerprint density at radius 2 is 1.76 bits per heavy atom. The van der Waals surface area contributed by atoms with Crippen LogP contribution in [0.25, 0.3) is 22.0 Å². The molecule has 3 rings (SSSR count). The minimum Gasteiger partial charge on any atom is -0.495 e. The molecule has 0 aliphatic carbocycles. The second-order valence-corrected chi connectivity index (χ2v) is 8.21. The number of carbonyl (C=O) groups excluding carboxylic acids is 1. The molecule has 0 unspecified atom stereocenters. The first-order valence-electron chi connectivity index (χ1n) is 9.93. The second kappa shape index (κ2) is 10.3. The molecule has 0 spiro atoms. The van der Waals surface area contributed by atoms with Crippen LogP contribution < -0.4 is 25.5 Å². The monoisotopic (exact) mass is 494 g/mol. The SMILES string of the molecule is COc1cc(OC)c(Cl)c(-c2cc3cnc(OC(N)=O)cc3n(CCCN(C)C)c2=O)c1Cl. The molecule has 0 aliphatic rings. The van der Waals surface area contributed by atoms with Crippen molar-refractivity contribution in [2.45, 2.75) is 13.0 Å². The minimum absolute atomic E-state index is 0.0115. The zero-order valence-corrected chi connectivity index (χ0v) is 20.2. The number of aryl methyl sites for hydroxylation is 1. The Kier molecular flexibility index (Phi) is 7.68. The number of halogens is 2. The molecule has 2 heterocycles. The number of fused-ring (bicyclic) bond motifs is 1. The summed E-state index contributed by atoms with van der Waals surface area (Å²) in [7, 11) is 6.81. The van der Waals surface area contributed by atoms with E-state index in [0.717, 1.165) is 6.54 Å². The fourth-order valence-corrected chi connectivity index (χ4v) is 4.19. The third kappa shape index (κ3) is 5.16. The number of methoxy groups -OCH3 is 2. The molecule has 1 aromatic carbocycles. The molecule has 2 aromatic heterocycles. The van der Waals surface area contributed by atoms with Crippen LogP contribution in [-0.2, 0) is 6.54 Å². The van der Waals surface area contributed by atoms with Gasteiger partial charge >= 0.3 is 6.09 Å². The molecule has 0 saturated carbocycles. The highest BCUT2D eigenvalue weighted by molar-refractivity contribution is 6.41. The van der Waals surface area contributed by atoms with Crippen LogP contribution >= 0.6 is 23.2 Å². The fourth-order valence-electron chi connectivity index (χ4n) is 3.48. The standard InChI is InChI=1S/C22H24Cl2N4O5/c1-27(2)6-5-7-28-14-9-17(33-22(25)30)26-11-12(14)8-13(21(28)29)18-19(23)15(31-3)10-16(32-4)20(18)24/h8-11H,5-7H2,1-4H3,(H2,25,30). The van der Waals surface area contributed by atoms with E-state index in [9.17, 15) is 9.59 Å². The summed E-state index contributed by atoms with van der Waals surface area (Å²) in [5.74, 6) is 0.618. The zero-order chi connectivity index (χ0) is 24.3. The first-order chi connectivity index (χ1) is 15.7. The first-order valence-corrected chi connectivity index (χ1v) is 10.7. The number of amides is 1. The Hall–Kier alpha value is -3.01. The van der Waals surface area contributed by atoms with Gasteiger partial charge in [-0.1, -0.05) is 23.2 Å². The quantitative estimate of drug-likeness (QED) is 0.507. The number of pyridine rings is 2. The van der Waals surface area contributed by atoms with Gasteiger partial charge in [-0.2, -0.15) is 0 Å². The molecular weight excluding hydrogens is 471 g/mol. The molecule has 9 nitrogen and oxygen atoms in total. The first kappa shape index (κ1) is 24.6. The number of nitrogens with zero attached hydrogens (tertiary/aromatic N) is 3. The van der Waals surface area contributed by atoms with E-state index >= 15 is 0 Å². The Morgan fingerprint density at radius 3 is 2.30 bits per heavy atom. The van der Waals surface area contributed by atoms with Gasteiger partial charge in [-0.05, 0) is 33.1 Å². The van der Waals surface area contributed by atoms with Crippen LogP contribution in [0, 0.1) is 0 Å². The predicted molar refractivity (Wildman–Crippen MR) is 128 cm³/mol.